The van der Waals surface area contributed by atoms with Gasteiger partial charge in [-0.25, -0.2) is 17.7 Å². The van der Waals surface area contributed by atoms with Crippen LogP contribution >= 0.6 is 0 Å². The SMILES string of the molecule is CC(N)C1CCCN(c2ccc(S(=O)(=O)N(C)C)cn2)C1. The molecule has 0 saturated carbocycles. The van der Waals surface area contributed by atoms with Crippen LogP contribution in [0.2, 0.25) is 0 Å². The minimum absolute atomic E-state index is 0.168. The van der Waals surface area contributed by atoms with E-state index in [0.29, 0.717) is 5.92 Å². The molecular weight excluding hydrogens is 288 g/mol. The van der Waals surface area contributed by atoms with E-state index in [1.165, 1.54) is 24.6 Å². The molecule has 1 aliphatic rings. The van der Waals surface area contributed by atoms with Gasteiger partial charge in [-0.15, -0.1) is 0 Å². The molecule has 2 rings (SSSR count). The summed E-state index contributed by atoms with van der Waals surface area (Å²) in [5, 5.41) is 0. The molecule has 2 heterocycles. The third kappa shape index (κ3) is 3.53. The van der Waals surface area contributed by atoms with Crippen LogP contribution in [0.5, 0.6) is 0 Å². The maximum absolute atomic E-state index is 12.0. The second-order valence-corrected chi connectivity index (χ2v) is 8.00. The van der Waals surface area contributed by atoms with Crippen molar-refractivity contribution in [3.8, 4) is 0 Å². The second-order valence-electron chi connectivity index (χ2n) is 5.85. The van der Waals surface area contributed by atoms with Crippen molar-refractivity contribution < 1.29 is 8.42 Å². The first-order valence-corrected chi connectivity index (χ1v) is 8.65. The van der Waals surface area contributed by atoms with E-state index in [0.717, 1.165) is 31.7 Å². The topological polar surface area (TPSA) is 79.5 Å². The number of piperidine rings is 1. The summed E-state index contributed by atoms with van der Waals surface area (Å²) in [6.07, 6.45) is 3.66. The number of anilines is 1. The van der Waals surface area contributed by atoms with Gasteiger partial charge in [0.25, 0.3) is 0 Å². The summed E-state index contributed by atoms with van der Waals surface area (Å²) >= 11 is 0. The first-order valence-electron chi connectivity index (χ1n) is 7.21. The van der Waals surface area contributed by atoms with Gasteiger partial charge in [-0.1, -0.05) is 0 Å². The van der Waals surface area contributed by atoms with E-state index in [1.54, 1.807) is 12.1 Å². The molecule has 0 bridgehead atoms. The smallest absolute Gasteiger partial charge is 0.244 e. The van der Waals surface area contributed by atoms with E-state index in [9.17, 15) is 8.42 Å². The molecule has 1 fully saturated rings. The van der Waals surface area contributed by atoms with Crippen molar-refractivity contribution >= 4 is 15.8 Å². The number of hydrogen-bond donors (Lipinski definition) is 1. The average molecular weight is 312 g/mol. The second kappa shape index (κ2) is 6.29. The molecule has 1 aromatic rings. The Labute approximate surface area is 127 Å². The molecule has 2 N–H and O–H groups in total. The fraction of sp³-hybridized carbons (Fsp3) is 0.643. The third-order valence-corrected chi connectivity index (χ3v) is 5.82. The highest BCUT2D eigenvalue weighted by Gasteiger charge is 2.24. The predicted octanol–water partition coefficient (Wildman–Crippen LogP) is 0.895. The lowest BCUT2D eigenvalue weighted by Gasteiger charge is -2.35. The zero-order chi connectivity index (χ0) is 15.6. The maximum atomic E-state index is 12.0. The lowest BCUT2D eigenvalue weighted by atomic mass is 9.92. The molecule has 0 radical (unpaired) electrons. The zero-order valence-corrected chi connectivity index (χ0v) is 13.7. The predicted molar refractivity (Wildman–Crippen MR) is 83.7 cm³/mol. The Balaban J connectivity index is 2.16. The Morgan fingerprint density at radius 3 is 2.67 bits per heavy atom. The van der Waals surface area contributed by atoms with Crippen LogP contribution in [0, 0.1) is 5.92 Å². The summed E-state index contributed by atoms with van der Waals surface area (Å²) in [4.78, 5) is 6.73. The van der Waals surface area contributed by atoms with Gasteiger partial charge in [0.1, 0.15) is 10.7 Å². The van der Waals surface area contributed by atoms with Crippen molar-refractivity contribution in [2.24, 2.45) is 11.7 Å². The van der Waals surface area contributed by atoms with Crippen LogP contribution in [-0.4, -0.2) is 50.9 Å². The molecule has 118 valence electrons. The lowest BCUT2D eigenvalue weighted by Crippen LogP contribution is -2.42. The fourth-order valence-corrected chi connectivity index (χ4v) is 3.42. The zero-order valence-electron chi connectivity index (χ0n) is 12.9. The molecule has 0 amide bonds. The number of aromatic nitrogens is 1. The fourth-order valence-electron chi connectivity index (χ4n) is 2.57. The summed E-state index contributed by atoms with van der Waals surface area (Å²) in [5.74, 6) is 1.28. The monoisotopic (exact) mass is 312 g/mol. The Bertz CT molecular complexity index is 569. The van der Waals surface area contributed by atoms with Crippen molar-refractivity contribution in [3.63, 3.8) is 0 Å². The van der Waals surface area contributed by atoms with Crippen LogP contribution < -0.4 is 10.6 Å². The molecular formula is C14H24N4O2S. The first kappa shape index (κ1) is 16.2. The quantitative estimate of drug-likeness (QED) is 0.893. The van der Waals surface area contributed by atoms with Crippen molar-refractivity contribution in [2.45, 2.75) is 30.7 Å². The molecule has 7 heteroatoms. The van der Waals surface area contributed by atoms with Gasteiger partial charge in [0.2, 0.25) is 10.0 Å². The van der Waals surface area contributed by atoms with Crippen molar-refractivity contribution in [1.82, 2.24) is 9.29 Å². The largest absolute Gasteiger partial charge is 0.356 e. The molecule has 6 nitrogen and oxygen atoms in total. The summed E-state index contributed by atoms with van der Waals surface area (Å²) in [6, 6.07) is 3.56. The van der Waals surface area contributed by atoms with Crippen LogP contribution in [-0.2, 0) is 10.0 Å². The van der Waals surface area contributed by atoms with Crippen LogP contribution in [0.15, 0.2) is 23.2 Å². The Morgan fingerprint density at radius 2 is 2.14 bits per heavy atom. The van der Waals surface area contributed by atoms with Gasteiger partial charge in [0.15, 0.2) is 0 Å². The van der Waals surface area contributed by atoms with Crippen molar-refractivity contribution in [2.75, 3.05) is 32.1 Å². The van der Waals surface area contributed by atoms with Crippen LogP contribution in [0.25, 0.3) is 0 Å². The van der Waals surface area contributed by atoms with Gasteiger partial charge in [-0.05, 0) is 37.8 Å². The minimum atomic E-state index is -3.42. The average Bonchev–Trinajstić information content (AvgIpc) is 2.47. The van der Waals surface area contributed by atoms with Crippen LogP contribution in [0.4, 0.5) is 5.82 Å². The molecule has 2 atom stereocenters. The van der Waals surface area contributed by atoms with Gasteiger partial charge in [0, 0.05) is 39.4 Å². The molecule has 1 aromatic heterocycles. The number of rotatable bonds is 4. The highest BCUT2D eigenvalue weighted by Crippen LogP contribution is 2.24. The molecule has 0 aliphatic carbocycles. The van der Waals surface area contributed by atoms with E-state index < -0.39 is 10.0 Å². The minimum Gasteiger partial charge on any atom is -0.356 e. The summed E-state index contributed by atoms with van der Waals surface area (Å²) < 4.78 is 25.2. The van der Waals surface area contributed by atoms with Crippen LogP contribution in [0.3, 0.4) is 0 Å². The van der Waals surface area contributed by atoms with Crippen LogP contribution in [0.1, 0.15) is 19.8 Å². The highest BCUT2D eigenvalue weighted by molar-refractivity contribution is 7.89. The van der Waals surface area contributed by atoms with Gasteiger partial charge < -0.3 is 10.6 Å². The maximum Gasteiger partial charge on any atom is 0.244 e. The van der Waals surface area contributed by atoms with E-state index in [-0.39, 0.29) is 10.9 Å². The number of sulfonamides is 1. The molecule has 0 aromatic carbocycles. The Kier molecular flexibility index (Phi) is 4.85. The van der Waals surface area contributed by atoms with Crippen molar-refractivity contribution in [3.05, 3.63) is 18.3 Å². The van der Waals surface area contributed by atoms with E-state index in [1.807, 2.05) is 6.92 Å². The molecule has 0 spiro atoms. The molecule has 1 aliphatic heterocycles. The summed E-state index contributed by atoms with van der Waals surface area (Å²) in [7, 11) is -0.386. The molecule has 2 unspecified atom stereocenters. The van der Waals surface area contributed by atoms with E-state index in [2.05, 4.69) is 9.88 Å². The van der Waals surface area contributed by atoms with Gasteiger partial charge in [-0.3, -0.25) is 0 Å². The highest BCUT2D eigenvalue weighted by atomic mass is 32.2. The standard InChI is InChI=1S/C14H24N4O2S/c1-11(15)12-5-4-8-18(10-12)14-7-6-13(9-16-14)21(19,20)17(2)3/h6-7,9,11-12H,4-5,8,10,15H2,1-3H3. The summed E-state index contributed by atoms with van der Waals surface area (Å²) in [6.45, 7) is 3.86. The third-order valence-electron chi connectivity index (χ3n) is 4.02. The lowest BCUT2D eigenvalue weighted by molar-refractivity contribution is 0.363. The van der Waals surface area contributed by atoms with Crippen molar-refractivity contribution in [1.29, 1.82) is 0 Å². The molecule has 21 heavy (non-hydrogen) atoms. The van der Waals surface area contributed by atoms with Gasteiger partial charge in [-0.2, -0.15) is 0 Å². The number of hydrogen-bond acceptors (Lipinski definition) is 5. The molecule has 1 saturated heterocycles. The number of nitrogens with two attached hydrogens (primary N) is 1. The number of pyridine rings is 1. The van der Waals surface area contributed by atoms with Gasteiger partial charge in [0.05, 0.1) is 0 Å². The van der Waals surface area contributed by atoms with Gasteiger partial charge >= 0.3 is 0 Å². The van der Waals surface area contributed by atoms with E-state index >= 15 is 0 Å². The Hall–Kier alpha value is -1.18. The summed E-state index contributed by atoms with van der Waals surface area (Å²) in [5.41, 5.74) is 5.99. The first-order chi connectivity index (χ1) is 9.82. The Morgan fingerprint density at radius 1 is 1.43 bits per heavy atom. The van der Waals surface area contributed by atoms with E-state index in [4.69, 9.17) is 5.73 Å². The normalized spacial score (nSPS) is 21.6. The number of nitrogens with zero attached hydrogens (tertiary/aromatic N) is 3.